The van der Waals surface area contributed by atoms with Crippen LogP contribution in [0.3, 0.4) is 0 Å². The van der Waals surface area contributed by atoms with Gasteiger partial charge in [0, 0.05) is 25.8 Å². The lowest BCUT2D eigenvalue weighted by molar-refractivity contribution is 0.0326. The number of alkyl halides is 1. The molecule has 2 N–H and O–H groups in total. The van der Waals surface area contributed by atoms with Crippen molar-refractivity contribution in [1.82, 2.24) is 9.78 Å². The molecule has 1 atom stereocenters. The molecule has 0 amide bonds. The van der Waals surface area contributed by atoms with Crippen molar-refractivity contribution in [2.75, 3.05) is 20.3 Å². The molecule has 0 bridgehead atoms. The van der Waals surface area contributed by atoms with Crippen LogP contribution in [0.1, 0.15) is 38.4 Å². The van der Waals surface area contributed by atoms with E-state index in [1.165, 1.54) is 7.11 Å². The van der Waals surface area contributed by atoms with Crippen LogP contribution in [0.2, 0.25) is 0 Å². The molecule has 1 unspecified atom stereocenters. The van der Waals surface area contributed by atoms with Gasteiger partial charge >= 0.3 is 0 Å². The second-order valence-corrected chi connectivity index (χ2v) is 5.03. The first kappa shape index (κ1) is 15.1. The van der Waals surface area contributed by atoms with Gasteiger partial charge in [0.05, 0.1) is 12.3 Å². The van der Waals surface area contributed by atoms with Crippen molar-refractivity contribution in [3.05, 3.63) is 18.0 Å². The Morgan fingerprint density at radius 1 is 1.56 bits per heavy atom. The van der Waals surface area contributed by atoms with Crippen molar-refractivity contribution in [1.29, 1.82) is 0 Å². The fourth-order valence-corrected chi connectivity index (χ4v) is 1.97. The fraction of sp³-hybridized carbons (Fsp3) is 0.769. The first-order valence-corrected chi connectivity index (χ1v) is 6.43. The summed E-state index contributed by atoms with van der Waals surface area (Å²) in [5.41, 5.74) is 4.84. The summed E-state index contributed by atoms with van der Waals surface area (Å²) in [6, 6.07) is 2.16. The highest BCUT2D eigenvalue weighted by Gasteiger charge is 2.30. The summed E-state index contributed by atoms with van der Waals surface area (Å²) in [5, 5.41) is 4.37. The van der Waals surface area contributed by atoms with E-state index >= 15 is 0 Å². The predicted octanol–water partition coefficient (Wildman–Crippen LogP) is 2.10. The van der Waals surface area contributed by atoms with E-state index in [0.717, 1.165) is 5.69 Å². The Labute approximate surface area is 108 Å². The van der Waals surface area contributed by atoms with Gasteiger partial charge in [0.2, 0.25) is 0 Å². The van der Waals surface area contributed by atoms with Gasteiger partial charge in [-0.05, 0) is 39.3 Å². The molecule has 1 aromatic rings. The van der Waals surface area contributed by atoms with Gasteiger partial charge < -0.3 is 10.5 Å². The first-order valence-electron chi connectivity index (χ1n) is 6.43. The normalized spacial score (nSPS) is 15.0. The molecule has 0 saturated carbocycles. The smallest absolute Gasteiger partial charge is 0.139 e. The highest BCUT2D eigenvalue weighted by Crippen LogP contribution is 2.24. The van der Waals surface area contributed by atoms with E-state index in [1.54, 1.807) is 0 Å². The van der Waals surface area contributed by atoms with Crippen molar-refractivity contribution in [2.45, 2.75) is 44.8 Å². The Morgan fingerprint density at radius 2 is 2.28 bits per heavy atom. The Hall–Kier alpha value is -0.940. The van der Waals surface area contributed by atoms with Crippen LogP contribution in [0.15, 0.2) is 12.3 Å². The lowest BCUT2D eigenvalue weighted by Gasteiger charge is -2.23. The molecule has 0 spiro atoms. The summed E-state index contributed by atoms with van der Waals surface area (Å²) in [4.78, 5) is 0. The zero-order valence-electron chi connectivity index (χ0n) is 11.5. The maximum absolute atomic E-state index is 14.6. The van der Waals surface area contributed by atoms with E-state index in [-0.39, 0.29) is 13.0 Å². The molecule has 18 heavy (non-hydrogen) atoms. The Kier molecular flexibility index (Phi) is 5.75. The van der Waals surface area contributed by atoms with E-state index in [1.807, 2.05) is 30.8 Å². The third-order valence-electron chi connectivity index (χ3n) is 2.92. The molecule has 1 rings (SSSR count). The molecular formula is C13H24FN3O. The molecule has 0 radical (unpaired) electrons. The molecule has 1 heterocycles. The number of nitrogens with two attached hydrogens (primary N) is 1. The van der Waals surface area contributed by atoms with Crippen LogP contribution in [0.5, 0.6) is 0 Å². The highest BCUT2D eigenvalue weighted by atomic mass is 19.1. The molecular weight excluding hydrogens is 233 g/mol. The summed E-state index contributed by atoms with van der Waals surface area (Å²) in [7, 11) is 1.52. The molecule has 4 nitrogen and oxygen atoms in total. The minimum Gasteiger partial charge on any atom is -0.381 e. The van der Waals surface area contributed by atoms with Crippen molar-refractivity contribution < 1.29 is 9.13 Å². The maximum atomic E-state index is 14.6. The molecule has 0 aliphatic carbocycles. The van der Waals surface area contributed by atoms with Gasteiger partial charge in [0.15, 0.2) is 0 Å². The maximum Gasteiger partial charge on any atom is 0.139 e. The molecule has 0 saturated heterocycles. The van der Waals surface area contributed by atoms with Crippen LogP contribution < -0.4 is 5.73 Å². The first-order chi connectivity index (χ1) is 8.50. The molecule has 1 aromatic heterocycles. The number of hydrogen-bond acceptors (Lipinski definition) is 3. The quantitative estimate of drug-likeness (QED) is 0.776. The summed E-state index contributed by atoms with van der Waals surface area (Å²) >= 11 is 0. The Morgan fingerprint density at radius 3 is 2.78 bits per heavy atom. The molecule has 0 aromatic carbocycles. The molecule has 104 valence electrons. The number of halogens is 1. The fourth-order valence-electron chi connectivity index (χ4n) is 1.97. The monoisotopic (exact) mass is 257 g/mol. The summed E-state index contributed by atoms with van der Waals surface area (Å²) in [6.45, 7) is 4.67. The summed E-state index contributed by atoms with van der Waals surface area (Å²) in [5.74, 6) is 0. The number of hydrogen-bond donors (Lipinski definition) is 1. The zero-order valence-corrected chi connectivity index (χ0v) is 11.5. The lowest BCUT2D eigenvalue weighted by atomic mass is 9.95. The second-order valence-electron chi connectivity index (χ2n) is 5.03. The van der Waals surface area contributed by atoms with Crippen molar-refractivity contribution in [3.8, 4) is 0 Å². The summed E-state index contributed by atoms with van der Waals surface area (Å²) < 4.78 is 21.5. The van der Waals surface area contributed by atoms with Crippen molar-refractivity contribution in [3.63, 3.8) is 0 Å². The number of aromatic nitrogens is 2. The predicted molar refractivity (Wildman–Crippen MR) is 70.3 cm³/mol. The van der Waals surface area contributed by atoms with Crippen LogP contribution in [0.4, 0.5) is 4.39 Å². The number of rotatable bonds is 8. The van der Waals surface area contributed by atoms with Gasteiger partial charge in [-0.3, -0.25) is 4.68 Å². The largest absolute Gasteiger partial charge is 0.381 e. The second kappa shape index (κ2) is 6.85. The average Bonchev–Trinajstić information content (AvgIpc) is 2.75. The van der Waals surface area contributed by atoms with Crippen LogP contribution in [-0.4, -0.2) is 35.7 Å². The number of nitrogens with zero attached hydrogens (tertiary/aromatic N) is 2. The number of methoxy groups -OCH3 is 1. The van der Waals surface area contributed by atoms with Crippen molar-refractivity contribution >= 4 is 0 Å². The standard InChI is InChI=1S/C13H24FN3O/c1-11(2)17-8-5-12(16-17)9-13(14,10-18-3)6-4-7-15/h5,8,11H,4,6-7,9-10,15H2,1-3H3. The third-order valence-corrected chi connectivity index (χ3v) is 2.92. The Balaban J connectivity index is 2.69. The summed E-state index contributed by atoms with van der Waals surface area (Å²) in [6.07, 6.45) is 3.23. The van der Waals surface area contributed by atoms with E-state index in [0.29, 0.717) is 25.4 Å². The van der Waals surface area contributed by atoms with Gasteiger partial charge in [-0.2, -0.15) is 5.10 Å². The van der Waals surface area contributed by atoms with Gasteiger partial charge in [0.1, 0.15) is 5.67 Å². The molecule has 0 aliphatic rings. The van der Waals surface area contributed by atoms with Gasteiger partial charge in [0.25, 0.3) is 0 Å². The van der Waals surface area contributed by atoms with E-state index < -0.39 is 5.67 Å². The van der Waals surface area contributed by atoms with Crippen LogP contribution in [-0.2, 0) is 11.2 Å². The number of ether oxygens (including phenoxy) is 1. The van der Waals surface area contributed by atoms with E-state index in [4.69, 9.17) is 10.5 Å². The minimum absolute atomic E-state index is 0.0849. The van der Waals surface area contributed by atoms with Crippen molar-refractivity contribution in [2.24, 2.45) is 5.73 Å². The van der Waals surface area contributed by atoms with Crippen LogP contribution in [0, 0.1) is 0 Å². The lowest BCUT2D eigenvalue weighted by Crippen LogP contribution is -2.32. The highest BCUT2D eigenvalue weighted by molar-refractivity contribution is 5.05. The van der Waals surface area contributed by atoms with E-state index in [9.17, 15) is 4.39 Å². The van der Waals surface area contributed by atoms with Crippen LogP contribution >= 0.6 is 0 Å². The zero-order chi connectivity index (χ0) is 13.6. The third kappa shape index (κ3) is 4.38. The molecule has 0 fully saturated rings. The topological polar surface area (TPSA) is 53.1 Å². The van der Waals surface area contributed by atoms with Crippen LogP contribution in [0.25, 0.3) is 0 Å². The SMILES string of the molecule is COCC(F)(CCCN)Cc1ccn(C(C)C)n1. The van der Waals surface area contributed by atoms with Gasteiger partial charge in [-0.25, -0.2) is 4.39 Å². The van der Waals surface area contributed by atoms with E-state index in [2.05, 4.69) is 5.10 Å². The van der Waals surface area contributed by atoms with Gasteiger partial charge in [-0.15, -0.1) is 0 Å². The average molecular weight is 257 g/mol. The molecule has 5 heteroatoms. The Bertz CT molecular complexity index is 354. The van der Waals surface area contributed by atoms with Gasteiger partial charge in [-0.1, -0.05) is 0 Å². The minimum atomic E-state index is -1.37. The molecule has 0 aliphatic heterocycles.